The van der Waals surface area contributed by atoms with Crippen molar-refractivity contribution in [2.75, 3.05) is 21.3 Å². The van der Waals surface area contributed by atoms with E-state index in [1.54, 1.807) is 73.9 Å². The van der Waals surface area contributed by atoms with E-state index in [9.17, 15) is 0 Å². The van der Waals surface area contributed by atoms with E-state index in [-0.39, 0.29) is 0 Å². The van der Waals surface area contributed by atoms with Gasteiger partial charge in [-0.05, 0) is 71.9 Å². The first kappa shape index (κ1) is 22.5. The third-order valence-corrected chi connectivity index (χ3v) is 14.2. The summed E-state index contributed by atoms with van der Waals surface area (Å²) >= 11 is 1.73. The average Bonchev–Trinajstić information content (AvgIpc) is 3.13. The number of nitrogens with zero attached hydrogens (tertiary/aromatic N) is 1. The summed E-state index contributed by atoms with van der Waals surface area (Å²) in [6, 6.07) is 15.4. The third kappa shape index (κ3) is 5.70. The smallest absolute Gasteiger partial charge is 0.377 e. The van der Waals surface area contributed by atoms with Crippen molar-refractivity contribution < 1.29 is 13.3 Å². The molecule has 1 heterocycles. The van der Waals surface area contributed by atoms with E-state index in [0.717, 1.165) is 9.86 Å². The molecule has 4 nitrogen and oxygen atoms in total. The van der Waals surface area contributed by atoms with Gasteiger partial charge < -0.3 is 13.3 Å². The predicted molar refractivity (Wildman–Crippen MR) is 128 cm³/mol. The minimum absolute atomic E-state index is 0.650. The number of hydrogen-bond acceptors (Lipinski definition) is 9. The van der Waals surface area contributed by atoms with Gasteiger partial charge in [-0.15, -0.1) is 11.3 Å². The second-order valence-corrected chi connectivity index (χ2v) is 15.8. The molecule has 0 aliphatic rings. The quantitative estimate of drug-likeness (QED) is 0.179. The molecule has 0 spiro atoms. The van der Waals surface area contributed by atoms with Gasteiger partial charge >= 0.3 is 8.80 Å². The second kappa shape index (κ2) is 10.7. The van der Waals surface area contributed by atoms with Crippen molar-refractivity contribution in [3.8, 4) is 0 Å². The van der Waals surface area contributed by atoms with Crippen LogP contribution in [0.5, 0.6) is 0 Å². The van der Waals surface area contributed by atoms with Gasteiger partial charge in [0.1, 0.15) is 0 Å². The Bertz CT molecular complexity index is 878. The van der Waals surface area contributed by atoms with Crippen LogP contribution in [0.15, 0.2) is 51.7 Å². The zero-order valence-electron chi connectivity index (χ0n) is 16.0. The molecule has 0 radical (unpaired) electrons. The Hall–Kier alpha value is -0.173. The van der Waals surface area contributed by atoms with Crippen LogP contribution in [0.3, 0.4) is 0 Å². The van der Waals surface area contributed by atoms with Crippen molar-refractivity contribution in [2.24, 2.45) is 0 Å². The second-order valence-electron chi connectivity index (χ2n) is 5.83. The Balaban J connectivity index is 1.62. The summed E-state index contributed by atoms with van der Waals surface area (Å²) in [7, 11) is 9.20. The zero-order valence-corrected chi connectivity index (χ0v) is 21.0. The van der Waals surface area contributed by atoms with Gasteiger partial charge in [0.25, 0.3) is 0 Å². The van der Waals surface area contributed by atoms with Crippen LogP contribution in [0.25, 0.3) is 10.2 Å². The Kier molecular flexibility index (Phi) is 8.63. The maximum atomic E-state index is 5.61. The lowest BCUT2D eigenvalue weighted by molar-refractivity contribution is 0.122. The van der Waals surface area contributed by atoms with Gasteiger partial charge in [0.05, 0.1) is 10.2 Å². The Morgan fingerprint density at radius 2 is 1.68 bits per heavy atom. The van der Waals surface area contributed by atoms with Gasteiger partial charge in [0.2, 0.25) is 0 Å². The van der Waals surface area contributed by atoms with E-state index in [2.05, 4.69) is 48.3 Å². The summed E-state index contributed by atoms with van der Waals surface area (Å²) in [5.74, 6) is 0. The molecule has 0 aliphatic heterocycles. The molecule has 0 aliphatic carbocycles. The summed E-state index contributed by atoms with van der Waals surface area (Å²) in [4.78, 5) is 5.87. The lowest BCUT2D eigenvalue weighted by Crippen LogP contribution is -2.45. The molecule has 0 saturated carbocycles. The number of thiazole rings is 1. The van der Waals surface area contributed by atoms with Crippen LogP contribution in [-0.2, 0) is 19.3 Å². The summed E-state index contributed by atoms with van der Waals surface area (Å²) in [6.07, 6.45) is 0. The van der Waals surface area contributed by atoms with Crippen LogP contribution in [0.2, 0.25) is 0 Å². The molecule has 0 fully saturated rings. The highest BCUT2D eigenvalue weighted by Crippen LogP contribution is 2.51. The van der Waals surface area contributed by atoms with Crippen molar-refractivity contribution in [2.45, 2.75) is 22.2 Å². The largest absolute Gasteiger partial charge is 0.504 e. The standard InChI is InChI=1S/C18H21NO3S5Si/c1-13-9-10-16(14(11-13)12-28(20-2,21-3)22-4)24-26-27-25-18-19-15-7-5-6-8-17(15)23-18/h5-11H,12H2,1-4H3. The third-order valence-electron chi connectivity index (χ3n) is 4.09. The molecule has 0 atom stereocenters. The number of hydrogen-bond donors (Lipinski definition) is 0. The number of aryl methyl sites for hydroxylation is 1. The van der Waals surface area contributed by atoms with Crippen LogP contribution in [0, 0.1) is 6.92 Å². The van der Waals surface area contributed by atoms with Gasteiger partial charge in [-0.3, -0.25) is 0 Å². The van der Waals surface area contributed by atoms with Gasteiger partial charge in [-0.2, -0.15) is 0 Å². The number of aromatic nitrogens is 1. The molecule has 0 bridgehead atoms. The predicted octanol–water partition coefficient (Wildman–Crippen LogP) is 6.66. The summed E-state index contributed by atoms with van der Waals surface area (Å²) < 4.78 is 19.1. The van der Waals surface area contributed by atoms with E-state index in [4.69, 9.17) is 13.3 Å². The minimum Gasteiger partial charge on any atom is -0.377 e. The maximum absolute atomic E-state index is 5.61. The molecule has 0 saturated heterocycles. The molecule has 10 heteroatoms. The topological polar surface area (TPSA) is 40.6 Å². The minimum atomic E-state index is -2.67. The lowest BCUT2D eigenvalue weighted by Gasteiger charge is -2.25. The van der Waals surface area contributed by atoms with Crippen molar-refractivity contribution in [1.29, 1.82) is 0 Å². The highest BCUT2D eigenvalue weighted by atomic mass is 33.7. The fraction of sp³-hybridized carbons (Fsp3) is 0.278. The summed E-state index contributed by atoms with van der Waals surface area (Å²) in [6.45, 7) is 2.10. The first-order chi connectivity index (χ1) is 13.6. The van der Waals surface area contributed by atoms with Crippen LogP contribution >= 0.6 is 52.6 Å². The van der Waals surface area contributed by atoms with Crippen LogP contribution in [0.1, 0.15) is 11.1 Å². The molecule has 150 valence electrons. The molecular weight excluding hydrogens is 467 g/mol. The first-order valence-corrected chi connectivity index (χ1v) is 15.9. The van der Waals surface area contributed by atoms with Crippen LogP contribution < -0.4 is 0 Å². The molecule has 3 aromatic rings. The van der Waals surface area contributed by atoms with Crippen molar-refractivity contribution in [1.82, 2.24) is 4.98 Å². The van der Waals surface area contributed by atoms with Gasteiger partial charge in [-0.1, -0.05) is 29.8 Å². The highest BCUT2D eigenvalue weighted by molar-refractivity contribution is 9.26. The molecule has 0 unspecified atom stereocenters. The number of fused-ring (bicyclic) bond motifs is 1. The zero-order chi connectivity index (χ0) is 20.0. The Morgan fingerprint density at radius 1 is 0.964 bits per heavy atom. The molecule has 1 aromatic heterocycles. The van der Waals surface area contributed by atoms with E-state index in [0.29, 0.717) is 6.04 Å². The van der Waals surface area contributed by atoms with E-state index < -0.39 is 8.80 Å². The van der Waals surface area contributed by atoms with Crippen molar-refractivity contribution in [3.63, 3.8) is 0 Å². The summed E-state index contributed by atoms with van der Waals surface area (Å²) in [5.41, 5.74) is 3.47. The SMILES string of the molecule is CO[Si](Cc1cc(C)ccc1SSSSc1nc2ccccc2s1)(OC)OC. The van der Waals surface area contributed by atoms with E-state index >= 15 is 0 Å². The molecule has 3 rings (SSSR count). The normalized spacial score (nSPS) is 12.0. The fourth-order valence-corrected chi connectivity index (χ4v) is 11.6. The van der Waals surface area contributed by atoms with Gasteiger partial charge in [0.15, 0.2) is 4.34 Å². The van der Waals surface area contributed by atoms with Gasteiger partial charge in [0, 0.05) is 32.3 Å². The Labute approximate surface area is 186 Å². The van der Waals surface area contributed by atoms with Gasteiger partial charge in [-0.25, -0.2) is 4.98 Å². The molecule has 2 aromatic carbocycles. The lowest BCUT2D eigenvalue weighted by atomic mass is 10.2. The molecule has 0 N–H and O–H groups in total. The van der Waals surface area contributed by atoms with E-state index in [1.807, 2.05) is 6.07 Å². The monoisotopic (exact) mass is 487 g/mol. The molecule has 0 amide bonds. The maximum Gasteiger partial charge on any atom is 0.504 e. The number of benzene rings is 2. The van der Waals surface area contributed by atoms with Crippen molar-refractivity contribution in [3.05, 3.63) is 53.6 Å². The first-order valence-electron chi connectivity index (χ1n) is 8.37. The molecule has 28 heavy (non-hydrogen) atoms. The molecular formula is C18H21NO3S5Si. The number of para-hydroxylation sites is 1. The van der Waals surface area contributed by atoms with Crippen molar-refractivity contribution >= 4 is 71.6 Å². The highest BCUT2D eigenvalue weighted by Gasteiger charge is 2.38. The number of rotatable bonds is 10. The van der Waals surface area contributed by atoms with Crippen LogP contribution in [-0.4, -0.2) is 35.1 Å². The Morgan fingerprint density at radius 3 is 2.39 bits per heavy atom. The van der Waals surface area contributed by atoms with Crippen LogP contribution in [0.4, 0.5) is 0 Å². The van der Waals surface area contributed by atoms with E-state index in [1.165, 1.54) is 20.7 Å². The fourth-order valence-electron chi connectivity index (χ4n) is 2.61. The summed E-state index contributed by atoms with van der Waals surface area (Å²) in [5, 5.41) is 0. The average molecular weight is 488 g/mol.